The van der Waals surface area contributed by atoms with Gasteiger partial charge in [0.1, 0.15) is 5.60 Å². The van der Waals surface area contributed by atoms with E-state index >= 15 is 0 Å². The van der Waals surface area contributed by atoms with Gasteiger partial charge in [0.25, 0.3) is 5.91 Å². The molecule has 3 N–H and O–H groups in total. The molecule has 0 spiro atoms. The highest BCUT2D eigenvalue weighted by atomic mass is 16.6. The van der Waals surface area contributed by atoms with E-state index in [9.17, 15) is 14.4 Å². The van der Waals surface area contributed by atoms with Crippen molar-refractivity contribution in [1.82, 2.24) is 10.2 Å². The zero-order valence-corrected chi connectivity index (χ0v) is 20.0. The van der Waals surface area contributed by atoms with Crippen LogP contribution >= 0.6 is 0 Å². The average molecular weight is 450 g/mol. The first kappa shape index (κ1) is 26.8. The van der Waals surface area contributed by atoms with Gasteiger partial charge in [-0.1, -0.05) is 19.9 Å². The van der Waals surface area contributed by atoms with E-state index in [0.717, 1.165) is 5.56 Å². The van der Waals surface area contributed by atoms with Crippen LogP contribution in [0.25, 0.3) is 6.08 Å². The van der Waals surface area contributed by atoms with Gasteiger partial charge in [-0.15, -0.1) is 0 Å². The topological polar surface area (TPSA) is 120 Å². The van der Waals surface area contributed by atoms with E-state index in [1.165, 1.54) is 13.2 Å². The van der Waals surface area contributed by atoms with E-state index in [1.807, 2.05) is 13.8 Å². The SMILES string of the molecule is COc1cc(/C=C/C(=O)N(C)CC(C)(C)CNC(=O)OC(C)(C)C)ccc1OCC(N)=O. The number of primary amides is 1. The second-order valence-electron chi connectivity index (χ2n) is 9.21. The van der Waals surface area contributed by atoms with Crippen molar-refractivity contribution in [2.24, 2.45) is 11.1 Å². The molecule has 0 saturated heterocycles. The van der Waals surface area contributed by atoms with Gasteiger partial charge in [0.05, 0.1) is 7.11 Å². The van der Waals surface area contributed by atoms with Crippen LogP contribution in [0.1, 0.15) is 40.2 Å². The van der Waals surface area contributed by atoms with Crippen LogP contribution in [0, 0.1) is 5.41 Å². The fourth-order valence-corrected chi connectivity index (χ4v) is 2.75. The molecule has 9 heteroatoms. The molecule has 178 valence electrons. The molecular weight excluding hydrogens is 414 g/mol. The van der Waals surface area contributed by atoms with E-state index in [1.54, 1.807) is 57.0 Å². The Morgan fingerprint density at radius 3 is 2.34 bits per heavy atom. The molecule has 0 bridgehead atoms. The molecule has 32 heavy (non-hydrogen) atoms. The van der Waals surface area contributed by atoms with Gasteiger partial charge in [-0.3, -0.25) is 9.59 Å². The molecule has 0 saturated carbocycles. The molecule has 0 atom stereocenters. The fourth-order valence-electron chi connectivity index (χ4n) is 2.75. The normalized spacial score (nSPS) is 11.7. The Hall–Kier alpha value is -3.23. The number of likely N-dealkylation sites (N-methyl/N-ethyl adjacent to an activating group) is 1. The summed E-state index contributed by atoms with van der Waals surface area (Å²) < 4.78 is 15.8. The van der Waals surface area contributed by atoms with Crippen LogP contribution in [0.2, 0.25) is 0 Å². The van der Waals surface area contributed by atoms with Crippen LogP contribution in [0.5, 0.6) is 11.5 Å². The van der Waals surface area contributed by atoms with E-state index in [2.05, 4.69) is 5.32 Å². The molecule has 1 rings (SSSR count). The Labute approximate surface area is 189 Å². The minimum atomic E-state index is -0.589. The predicted octanol–water partition coefficient (Wildman–Crippen LogP) is 2.58. The highest BCUT2D eigenvalue weighted by molar-refractivity contribution is 5.91. The number of benzene rings is 1. The summed E-state index contributed by atoms with van der Waals surface area (Å²) in [5, 5.41) is 2.75. The lowest BCUT2D eigenvalue weighted by Gasteiger charge is -2.30. The van der Waals surface area contributed by atoms with Crippen molar-refractivity contribution in [3.63, 3.8) is 0 Å². The Kier molecular flexibility index (Phi) is 9.55. The van der Waals surface area contributed by atoms with Crippen LogP contribution in [0.4, 0.5) is 4.79 Å². The molecule has 0 heterocycles. The Morgan fingerprint density at radius 1 is 1.12 bits per heavy atom. The molecule has 1 aromatic rings. The second-order valence-corrected chi connectivity index (χ2v) is 9.21. The number of hydrogen-bond donors (Lipinski definition) is 2. The van der Waals surface area contributed by atoms with E-state index in [-0.39, 0.29) is 17.9 Å². The first-order valence-electron chi connectivity index (χ1n) is 10.2. The second kappa shape index (κ2) is 11.4. The van der Waals surface area contributed by atoms with Gasteiger partial charge in [-0.05, 0) is 50.0 Å². The third kappa shape index (κ3) is 10.2. The maximum atomic E-state index is 12.5. The molecule has 3 amide bonds. The molecule has 1 aromatic carbocycles. The Balaban J connectivity index is 2.68. The number of nitrogens with two attached hydrogens (primary N) is 1. The lowest BCUT2D eigenvalue weighted by Crippen LogP contribution is -2.43. The van der Waals surface area contributed by atoms with Crippen molar-refractivity contribution < 1.29 is 28.6 Å². The minimum absolute atomic E-state index is 0.191. The number of methoxy groups -OCH3 is 1. The number of hydrogen-bond acceptors (Lipinski definition) is 6. The third-order valence-electron chi connectivity index (χ3n) is 4.13. The van der Waals surface area contributed by atoms with E-state index < -0.39 is 17.6 Å². The summed E-state index contributed by atoms with van der Waals surface area (Å²) in [7, 11) is 3.18. The van der Waals surface area contributed by atoms with Gasteiger partial charge in [0.15, 0.2) is 18.1 Å². The number of nitrogens with one attached hydrogen (secondary N) is 1. The van der Waals surface area contributed by atoms with Crippen molar-refractivity contribution >= 4 is 24.0 Å². The van der Waals surface area contributed by atoms with Gasteiger partial charge >= 0.3 is 6.09 Å². The van der Waals surface area contributed by atoms with Crippen LogP contribution in [-0.2, 0) is 14.3 Å². The Morgan fingerprint density at radius 2 is 1.78 bits per heavy atom. The zero-order valence-electron chi connectivity index (χ0n) is 20.0. The number of nitrogens with zero attached hydrogens (tertiary/aromatic N) is 1. The standard InChI is InChI=1S/C23H35N3O6/c1-22(2,3)32-21(29)25-14-23(4,5)15-26(6)20(28)11-9-16-8-10-17(18(12-16)30-7)31-13-19(24)27/h8-12H,13-15H2,1-7H3,(H2,24,27)(H,25,29)/b11-9+. The van der Waals surface area contributed by atoms with Crippen LogP contribution in [0.15, 0.2) is 24.3 Å². The number of carbonyl (C=O) groups excluding carboxylic acids is 3. The maximum Gasteiger partial charge on any atom is 0.407 e. The van der Waals surface area contributed by atoms with Gasteiger partial charge < -0.3 is 30.2 Å². The highest BCUT2D eigenvalue weighted by Gasteiger charge is 2.24. The third-order valence-corrected chi connectivity index (χ3v) is 4.13. The monoisotopic (exact) mass is 449 g/mol. The summed E-state index contributed by atoms with van der Waals surface area (Å²) >= 11 is 0. The first-order chi connectivity index (χ1) is 14.7. The molecule has 0 aromatic heterocycles. The molecule has 0 aliphatic heterocycles. The maximum absolute atomic E-state index is 12.5. The average Bonchev–Trinajstić information content (AvgIpc) is 2.67. The summed E-state index contributed by atoms with van der Waals surface area (Å²) in [6, 6.07) is 5.06. The number of carbonyl (C=O) groups is 3. The van der Waals surface area contributed by atoms with E-state index in [4.69, 9.17) is 19.9 Å². The van der Waals surface area contributed by atoms with Crippen molar-refractivity contribution in [3.05, 3.63) is 29.8 Å². The van der Waals surface area contributed by atoms with Crippen molar-refractivity contribution in [3.8, 4) is 11.5 Å². The predicted molar refractivity (Wildman–Crippen MR) is 122 cm³/mol. The number of alkyl carbamates (subject to hydrolysis) is 1. The molecular formula is C23H35N3O6. The minimum Gasteiger partial charge on any atom is -0.493 e. The quantitative estimate of drug-likeness (QED) is 0.530. The van der Waals surface area contributed by atoms with Gasteiger partial charge in [0.2, 0.25) is 5.91 Å². The lowest BCUT2D eigenvalue weighted by molar-refractivity contribution is -0.126. The summed E-state index contributed by atoms with van der Waals surface area (Å²) in [5.41, 5.74) is 4.88. The van der Waals surface area contributed by atoms with Crippen LogP contribution in [0.3, 0.4) is 0 Å². The molecule has 0 radical (unpaired) electrons. The summed E-state index contributed by atoms with van der Waals surface area (Å²) in [6.07, 6.45) is 2.62. The highest BCUT2D eigenvalue weighted by Crippen LogP contribution is 2.28. The number of rotatable bonds is 10. The smallest absolute Gasteiger partial charge is 0.407 e. The summed E-state index contributed by atoms with van der Waals surface area (Å²) in [4.78, 5) is 36.9. The van der Waals surface area contributed by atoms with Gasteiger partial charge in [-0.2, -0.15) is 0 Å². The molecule has 0 unspecified atom stereocenters. The fraction of sp³-hybridized carbons (Fsp3) is 0.522. The van der Waals surface area contributed by atoms with Crippen LogP contribution in [-0.4, -0.2) is 62.3 Å². The van der Waals surface area contributed by atoms with Gasteiger partial charge in [-0.25, -0.2) is 4.79 Å². The zero-order chi connectivity index (χ0) is 24.5. The Bertz CT molecular complexity index is 843. The number of ether oxygens (including phenoxy) is 3. The summed E-state index contributed by atoms with van der Waals surface area (Å²) in [6.45, 7) is 9.83. The van der Waals surface area contributed by atoms with E-state index in [0.29, 0.717) is 24.6 Å². The van der Waals surface area contributed by atoms with Crippen molar-refractivity contribution in [2.75, 3.05) is 33.9 Å². The largest absolute Gasteiger partial charge is 0.493 e. The molecule has 9 nitrogen and oxygen atoms in total. The number of amides is 3. The van der Waals surface area contributed by atoms with Crippen molar-refractivity contribution in [2.45, 2.75) is 40.2 Å². The molecule has 0 aliphatic rings. The molecule has 0 aliphatic carbocycles. The lowest BCUT2D eigenvalue weighted by atomic mass is 9.93. The van der Waals surface area contributed by atoms with Crippen LogP contribution < -0.4 is 20.5 Å². The van der Waals surface area contributed by atoms with Gasteiger partial charge in [0, 0.05) is 26.2 Å². The first-order valence-corrected chi connectivity index (χ1v) is 10.2. The summed E-state index contributed by atoms with van der Waals surface area (Å²) in [5.74, 6) is 0.0203. The van der Waals surface area contributed by atoms with Crippen molar-refractivity contribution in [1.29, 1.82) is 0 Å². The molecule has 0 fully saturated rings.